The van der Waals surface area contributed by atoms with E-state index in [0.29, 0.717) is 32.6 Å². The van der Waals surface area contributed by atoms with Crippen molar-refractivity contribution in [3.63, 3.8) is 0 Å². The number of hydrogen-bond donors (Lipinski definition) is 2. The first-order chi connectivity index (χ1) is 12.2. The van der Waals surface area contributed by atoms with Crippen molar-refractivity contribution in [3.8, 4) is 5.69 Å². The molecule has 0 atom stereocenters. The highest BCUT2D eigenvalue weighted by molar-refractivity contribution is 9.10. The van der Waals surface area contributed by atoms with E-state index in [1.54, 1.807) is 6.07 Å². The first-order valence-electron chi connectivity index (χ1n) is 7.86. The average molecular weight is 428 g/mol. The molecule has 1 aliphatic rings. The molecule has 4 rings (SSSR count). The zero-order valence-electron chi connectivity index (χ0n) is 13.5. The molecule has 26 heavy (non-hydrogen) atoms. The number of fused-ring (bicyclic) bond motifs is 1. The van der Waals surface area contributed by atoms with Crippen molar-refractivity contribution in [2.75, 3.05) is 0 Å². The summed E-state index contributed by atoms with van der Waals surface area (Å²) in [4.78, 5) is 19.4. The number of rotatable bonds is 3. The molecular weight excluding hydrogens is 415 g/mol. The van der Waals surface area contributed by atoms with E-state index in [1.807, 2.05) is 0 Å². The molecule has 0 aliphatic heterocycles. The maximum atomic E-state index is 13.0. The molecule has 3 aromatic rings. The summed E-state index contributed by atoms with van der Waals surface area (Å²) in [6, 6.07) is 2.75. The van der Waals surface area contributed by atoms with Gasteiger partial charge in [0.15, 0.2) is 5.69 Å². The Morgan fingerprint density at radius 2 is 2.12 bits per heavy atom. The third-order valence-corrected chi connectivity index (χ3v) is 4.71. The molecule has 0 saturated heterocycles. The summed E-state index contributed by atoms with van der Waals surface area (Å²) in [5.41, 5.74) is 0.432. The molecule has 10 heteroatoms. The third kappa shape index (κ3) is 2.98. The van der Waals surface area contributed by atoms with E-state index in [2.05, 4.69) is 36.3 Å². The number of halogens is 4. The van der Waals surface area contributed by atoms with Gasteiger partial charge in [0, 0.05) is 23.3 Å². The lowest BCUT2D eigenvalue weighted by molar-refractivity contribution is -0.141. The highest BCUT2D eigenvalue weighted by atomic mass is 79.9. The molecule has 0 aromatic carbocycles. The molecule has 0 unspecified atom stereocenters. The van der Waals surface area contributed by atoms with Gasteiger partial charge in [-0.15, -0.1) is 0 Å². The van der Waals surface area contributed by atoms with Gasteiger partial charge in [-0.2, -0.15) is 18.3 Å². The van der Waals surface area contributed by atoms with Crippen LogP contribution in [0.1, 0.15) is 34.7 Å². The summed E-state index contributed by atoms with van der Waals surface area (Å²) in [7, 11) is 0. The van der Waals surface area contributed by atoms with Crippen LogP contribution < -0.4 is 5.32 Å². The summed E-state index contributed by atoms with van der Waals surface area (Å²) in [5.74, 6) is -0.263. The first-order valence-corrected chi connectivity index (χ1v) is 8.65. The summed E-state index contributed by atoms with van der Waals surface area (Å²) in [6.07, 6.45) is -1.17. The fourth-order valence-corrected chi connectivity index (χ4v) is 3.19. The highest BCUT2D eigenvalue weighted by Crippen LogP contribution is 2.33. The number of nitrogens with one attached hydrogen (secondary N) is 2. The van der Waals surface area contributed by atoms with Crippen LogP contribution in [0.4, 0.5) is 13.2 Å². The van der Waals surface area contributed by atoms with Crippen LogP contribution in [0.25, 0.3) is 16.7 Å². The smallest absolute Gasteiger partial charge is 0.348 e. The molecule has 3 heterocycles. The van der Waals surface area contributed by atoms with Gasteiger partial charge in [-0.05, 0) is 47.8 Å². The largest absolute Gasteiger partial charge is 0.435 e. The van der Waals surface area contributed by atoms with E-state index in [0.717, 1.165) is 18.9 Å². The Morgan fingerprint density at radius 3 is 2.73 bits per heavy atom. The molecule has 0 radical (unpaired) electrons. The molecule has 1 amide bonds. The Morgan fingerprint density at radius 1 is 1.38 bits per heavy atom. The second-order valence-electron chi connectivity index (χ2n) is 6.23. The molecular formula is C16H13BrF3N5O. The summed E-state index contributed by atoms with van der Waals surface area (Å²) in [6.45, 7) is 1.54. The van der Waals surface area contributed by atoms with Crippen LogP contribution in [0, 0.1) is 6.92 Å². The lowest BCUT2D eigenvalue weighted by Gasteiger charge is -2.08. The number of aromatic amines is 1. The predicted octanol–water partition coefficient (Wildman–Crippen LogP) is 3.73. The monoisotopic (exact) mass is 427 g/mol. The Balaban J connectivity index is 1.84. The number of hydrogen-bond acceptors (Lipinski definition) is 3. The zero-order chi connectivity index (χ0) is 18.6. The van der Waals surface area contributed by atoms with Crippen LogP contribution >= 0.6 is 15.9 Å². The SMILES string of the molecule is Cc1cc(C(F)(F)F)nn1-c1c(Br)cnc2[nH]c(C(=O)NC3CC3)cc12. The van der Waals surface area contributed by atoms with Crippen LogP contribution in [0.3, 0.4) is 0 Å². The van der Waals surface area contributed by atoms with Crippen LogP contribution in [0.15, 0.2) is 22.8 Å². The van der Waals surface area contributed by atoms with E-state index in [1.165, 1.54) is 17.8 Å². The maximum absolute atomic E-state index is 13.0. The number of aryl methyl sites for hydroxylation is 1. The number of alkyl halides is 3. The molecule has 6 nitrogen and oxygen atoms in total. The van der Waals surface area contributed by atoms with Gasteiger partial charge in [0.25, 0.3) is 5.91 Å². The third-order valence-electron chi connectivity index (χ3n) is 4.13. The van der Waals surface area contributed by atoms with Gasteiger partial charge >= 0.3 is 6.18 Å². The fourth-order valence-electron chi connectivity index (χ4n) is 2.70. The van der Waals surface area contributed by atoms with Crippen molar-refractivity contribution in [2.45, 2.75) is 32.0 Å². The number of amides is 1. The summed E-state index contributed by atoms with van der Waals surface area (Å²) < 4.78 is 40.6. The quantitative estimate of drug-likeness (QED) is 0.668. The Bertz CT molecular complexity index is 1020. The average Bonchev–Trinajstić information content (AvgIpc) is 3.12. The van der Waals surface area contributed by atoms with Crippen molar-refractivity contribution in [2.24, 2.45) is 0 Å². The molecule has 0 bridgehead atoms. The number of H-pyrrole nitrogens is 1. The van der Waals surface area contributed by atoms with Crippen molar-refractivity contribution in [1.29, 1.82) is 0 Å². The van der Waals surface area contributed by atoms with Crippen molar-refractivity contribution in [1.82, 2.24) is 25.1 Å². The Kier molecular flexibility index (Phi) is 3.83. The number of carbonyl (C=O) groups is 1. The van der Waals surface area contributed by atoms with Gasteiger partial charge in [0.2, 0.25) is 0 Å². The zero-order valence-corrected chi connectivity index (χ0v) is 15.1. The number of carbonyl (C=O) groups excluding carboxylic acids is 1. The minimum atomic E-state index is -4.54. The molecule has 3 aromatic heterocycles. The number of nitrogens with zero attached hydrogens (tertiary/aromatic N) is 3. The summed E-state index contributed by atoms with van der Waals surface area (Å²) >= 11 is 3.33. The molecule has 1 aliphatic carbocycles. The first kappa shape index (κ1) is 17.1. The number of aromatic nitrogens is 4. The molecule has 1 saturated carbocycles. The van der Waals surface area contributed by atoms with Crippen LogP contribution in [0.5, 0.6) is 0 Å². The lowest BCUT2D eigenvalue weighted by atomic mass is 10.2. The second kappa shape index (κ2) is 5.83. The normalized spacial score (nSPS) is 14.8. The minimum absolute atomic E-state index is 0.191. The minimum Gasteiger partial charge on any atom is -0.348 e. The maximum Gasteiger partial charge on any atom is 0.435 e. The van der Waals surface area contributed by atoms with Crippen LogP contribution in [-0.4, -0.2) is 31.7 Å². The van der Waals surface area contributed by atoms with Gasteiger partial charge in [-0.25, -0.2) is 9.67 Å². The molecule has 136 valence electrons. The van der Waals surface area contributed by atoms with E-state index in [4.69, 9.17) is 0 Å². The molecule has 2 N–H and O–H groups in total. The van der Waals surface area contributed by atoms with Gasteiger partial charge in [-0.1, -0.05) is 0 Å². The van der Waals surface area contributed by atoms with Crippen LogP contribution in [0.2, 0.25) is 0 Å². The van der Waals surface area contributed by atoms with Crippen LogP contribution in [-0.2, 0) is 6.18 Å². The second-order valence-corrected chi connectivity index (χ2v) is 7.08. The fraction of sp³-hybridized carbons (Fsp3) is 0.312. The van der Waals surface area contributed by atoms with Gasteiger partial charge in [0.05, 0.1) is 10.2 Å². The van der Waals surface area contributed by atoms with Gasteiger partial charge in [0.1, 0.15) is 11.3 Å². The van der Waals surface area contributed by atoms with Gasteiger partial charge in [-0.3, -0.25) is 4.79 Å². The molecule has 1 fully saturated rings. The Hall–Kier alpha value is -2.36. The standard InChI is InChI=1S/C16H13BrF3N5O/c1-7-4-12(16(18,19)20)24-25(7)13-9-5-11(15(26)22-8-2-3-8)23-14(9)21-6-10(13)17/h4-6,8H,2-3H2,1H3,(H,21,23)(H,22,26). The van der Waals surface area contributed by atoms with Gasteiger partial charge < -0.3 is 10.3 Å². The highest BCUT2D eigenvalue weighted by Gasteiger charge is 2.35. The van der Waals surface area contributed by atoms with E-state index in [-0.39, 0.29) is 11.9 Å². The van der Waals surface area contributed by atoms with Crippen molar-refractivity contribution in [3.05, 3.63) is 39.9 Å². The number of pyridine rings is 1. The predicted molar refractivity (Wildman–Crippen MR) is 91.1 cm³/mol. The van der Waals surface area contributed by atoms with E-state index >= 15 is 0 Å². The topological polar surface area (TPSA) is 75.6 Å². The van der Waals surface area contributed by atoms with Crippen molar-refractivity contribution < 1.29 is 18.0 Å². The lowest BCUT2D eigenvalue weighted by Crippen LogP contribution is -2.25. The van der Waals surface area contributed by atoms with E-state index in [9.17, 15) is 18.0 Å². The summed E-state index contributed by atoms with van der Waals surface area (Å²) in [5, 5.41) is 7.05. The Labute approximate surface area is 153 Å². The van der Waals surface area contributed by atoms with E-state index < -0.39 is 11.9 Å². The molecule has 0 spiro atoms. The van der Waals surface area contributed by atoms with Crippen molar-refractivity contribution >= 4 is 32.9 Å².